The Balaban J connectivity index is 2.05. The lowest BCUT2D eigenvalue weighted by Gasteiger charge is -2.16. The van der Waals surface area contributed by atoms with Crippen LogP contribution >= 0.6 is 0 Å². The van der Waals surface area contributed by atoms with Crippen molar-refractivity contribution >= 4 is 5.91 Å². The molecule has 5 nitrogen and oxygen atoms in total. The number of ether oxygens (including phenoxy) is 1. The summed E-state index contributed by atoms with van der Waals surface area (Å²) in [6.07, 6.45) is 3.66. The second-order valence-corrected chi connectivity index (χ2v) is 4.41. The SMILES string of the molecule is COc1ccc(C(=O)N(C)Cc2cnn(C)c2)cc1. The van der Waals surface area contributed by atoms with E-state index >= 15 is 0 Å². The summed E-state index contributed by atoms with van der Waals surface area (Å²) in [5.41, 5.74) is 1.65. The first-order valence-electron chi connectivity index (χ1n) is 5.97. The molecule has 1 aromatic heterocycles. The van der Waals surface area contributed by atoms with Gasteiger partial charge in [0.2, 0.25) is 0 Å². The fraction of sp³-hybridized carbons (Fsp3) is 0.286. The van der Waals surface area contributed by atoms with Crippen LogP contribution in [0.2, 0.25) is 0 Å². The molecule has 0 aliphatic rings. The van der Waals surface area contributed by atoms with E-state index in [2.05, 4.69) is 5.10 Å². The van der Waals surface area contributed by atoms with Crippen LogP contribution in [0.15, 0.2) is 36.7 Å². The first-order chi connectivity index (χ1) is 9.10. The van der Waals surface area contributed by atoms with E-state index in [9.17, 15) is 4.79 Å². The van der Waals surface area contributed by atoms with Crippen molar-refractivity contribution in [2.24, 2.45) is 7.05 Å². The first kappa shape index (κ1) is 13.1. The van der Waals surface area contributed by atoms with E-state index in [-0.39, 0.29) is 5.91 Å². The summed E-state index contributed by atoms with van der Waals surface area (Å²) in [5.74, 6) is 0.720. The molecule has 1 heterocycles. The molecule has 19 heavy (non-hydrogen) atoms. The molecule has 1 amide bonds. The topological polar surface area (TPSA) is 47.4 Å². The summed E-state index contributed by atoms with van der Waals surface area (Å²) < 4.78 is 6.80. The lowest BCUT2D eigenvalue weighted by molar-refractivity contribution is 0.0785. The van der Waals surface area contributed by atoms with Crippen LogP contribution in [-0.2, 0) is 13.6 Å². The van der Waals surface area contributed by atoms with Gasteiger partial charge in [0.1, 0.15) is 5.75 Å². The van der Waals surface area contributed by atoms with Gasteiger partial charge in [0.15, 0.2) is 0 Å². The van der Waals surface area contributed by atoms with Gasteiger partial charge in [-0.3, -0.25) is 9.48 Å². The molecule has 0 saturated heterocycles. The lowest BCUT2D eigenvalue weighted by Crippen LogP contribution is -2.25. The molecule has 0 unspecified atom stereocenters. The Morgan fingerprint density at radius 1 is 1.37 bits per heavy atom. The number of aromatic nitrogens is 2. The number of hydrogen-bond acceptors (Lipinski definition) is 3. The zero-order valence-corrected chi connectivity index (χ0v) is 11.3. The highest BCUT2D eigenvalue weighted by atomic mass is 16.5. The Hall–Kier alpha value is -2.30. The van der Waals surface area contributed by atoms with Crippen molar-refractivity contribution in [3.05, 3.63) is 47.8 Å². The standard InChI is InChI=1S/C14H17N3O2/c1-16(9-11-8-15-17(2)10-11)14(18)12-4-6-13(19-3)7-5-12/h4-8,10H,9H2,1-3H3. The molecular weight excluding hydrogens is 242 g/mol. The van der Waals surface area contributed by atoms with Gasteiger partial charge in [-0.25, -0.2) is 0 Å². The Morgan fingerprint density at radius 3 is 2.58 bits per heavy atom. The highest BCUT2D eigenvalue weighted by molar-refractivity contribution is 5.94. The quantitative estimate of drug-likeness (QED) is 0.839. The van der Waals surface area contributed by atoms with Crippen LogP contribution in [0, 0.1) is 0 Å². The Labute approximate surface area is 112 Å². The molecule has 0 N–H and O–H groups in total. The highest BCUT2D eigenvalue weighted by Gasteiger charge is 2.12. The number of rotatable bonds is 4. The molecule has 5 heteroatoms. The van der Waals surface area contributed by atoms with E-state index in [0.29, 0.717) is 12.1 Å². The molecule has 0 aliphatic carbocycles. The summed E-state index contributed by atoms with van der Waals surface area (Å²) in [6, 6.07) is 7.10. The highest BCUT2D eigenvalue weighted by Crippen LogP contribution is 2.13. The minimum atomic E-state index is -0.0218. The van der Waals surface area contributed by atoms with Crippen LogP contribution in [0.4, 0.5) is 0 Å². The van der Waals surface area contributed by atoms with Crippen LogP contribution in [0.25, 0.3) is 0 Å². The second-order valence-electron chi connectivity index (χ2n) is 4.41. The Bertz CT molecular complexity index is 560. The van der Waals surface area contributed by atoms with Crippen LogP contribution in [0.5, 0.6) is 5.75 Å². The average molecular weight is 259 g/mol. The van der Waals surface area contributed by atoms with Gasteiger partial charge in [-0.2, -0.15) is 5.10 Å². The van der Waals surface area contributed by atoms with Crippen molar-refractivity contribution < 1.29 is 9.53 Å². The van der Waals surface area contributed by atoms with Crippen LogP contribution < -0.4 is 4.74 Å². The number of amides is 1. The third-order valence-corrected chi connectivity index (χ3v) is 2.86. The fourth-order valence-electron chi connectivity index (χ4n) is 1.85. The normalized spacial score (nSPS) is 10.3. The molecular formula is C14H17N3O2. The predicted molar refractivity (Wildman–Crippen MR) is 72.0 cm³/mol. The molecule has 0 spiro atoms. The van der Waals surface area contributed by atoms with Crippen molar-refractivity contribution in [1.82, 2.24) is 14.7 Å². The molecule has 0 fully saturated rings. The van der Waals surface area contributed by atoms with E-state index in [1.807, 2.05) is 13.2 Å². The van der Waals surface area contributed by atoms with Gasteiger partial charge in [0, 0.05) is 38.0 Å². The molecule has 1 aromatic carbocycles. The maximum absolute atomic E-state index is 12.2. The summed E-state index contributed by atoms with van der Waals surface area (Å²) in [4.78, 5) is 13.9. The smallest absolute Gasteiger partial charge is 0.253 e. The molecule has 0 saturated carbocycles. The third-order valence-electron chi connectivity index (χ3n) is 2.86. The second kappa shape index (κ2) is 5.56. The molecule has 2 rings (SSSR count). The molecule has 100 valence electrons. The molecule has 0 aliphatic heterocycles. The van der Waals surface area contributed by atoms with Gasteiger partial charge in [-0.15, -0.1) is 0 Å². The van der Waals surface area contributed by atoms with Crippen LogP contribution in [0.3, 0.4) is 0 Å². The van der Waals surface area contributed by atoms with Crippen LogP contribution in [-0.4, -0.2) is 34.7 Å². The minimum absolute atomic E-state index is 0.0218. The number of hydrogen-bond donors (Lipinski definition) is 0. The first-order valence-corrected chi connectivity index (χ1v) is 5.97. The average Bonchev–Trinajstić information content (AvgIpc) is 2.83. The van der Waals surface area contributed by atoms with Crippen molar-refractivity contribution in [3.8, 4) is 5.75 Å². The van der Waals surface area contributed by atoms with Crippen molar-refractivity contribution in [2.75, 3.05) is 14.2 Å². The van der Waals surface area contributed by atoms with E-state index in [0.717, 1.165) is 11.3 Å². The van der Waals surface area contributed by atoms with Gasteiger partial charge >= 0.3 is 0 Å². The summed E-state index contributed by atoms with van der Waals surface area (Å²) in [7, 11) is 5.24. The largest absolute Gasteiger partial charge is 0.497 e. The molecule has 0 bridgehead atoms. The molecule has 0 atom stereocenters. The zero-order valence-electron chi connectivity index (χ0n) is 11.3. The number of carbonyl (C=O) groups is 1. The monoisotopic (exact) mass is 259 g/mol. The number of nitrogens with zero attached hydrogens (tertiary/aromatic N) is 3. The number of aryl methyl sites for hydroxylation is 1. The van der Waals surface area contributed by atoms with E-state index in [4.69, 9.17) is 4.74 Å². The van der Waals surface area contributed by atoms with Gasteiger partial charge < -0.3 is 9.64 Å². The summed E-state index contributed by atoms with van der Waals surface area (Å²) in [5, 5.41) is 4.09. The fourth-order valence-corrected chi connectivity index (χ4v) is 1.85. The third kappa shape index (κ3) is 3.13. The van der Waals surface area contributed by atoms with E-state index in [1.165, 1.54) is 0 Å². The van der Waals surface area contributed by atoms with Gasteiger partial charge in [-0.05, 0) is 24.3 Å². The molecule has 2 aromatic rings. The zero-order chi connectivity index (χ0) is 13.8. The number of methoxy groups -OCH3 is 1. The lowest BCUT2D eigenvalue weighted by atomic mass is 10.2. The predicted octanol–water partition coefficient (Wildman–Crippen LogP) is 1.70. The number of benzene rings is 1. The minimum Gasteiger partial charge on any atom is -0.497 e. The van der Waals surface area contributed by atoms with Gasteiger partial charge in [0.25, 0.3) is 5.91 Å². The van der Waals surface area contributed by atoms with E-state index in [1.54, 1.807) is 54.2 Å². The maximum atomic E-state index is 12.2. The summed E-state index contributed by atoms with van der Waals surface area (Å²) in [6.45, 7) is 0.540. The Morgan fingerprint density at radius 2 is 2.05 bits per heavy atom. The van der Waals surface area contributed by atoms with Gasteiger partial charge in [0.05, 0.1) is 13.3 Å². The van der Waals surface area contributed by atoms with Crippen molar-refractivity contribution in [3.63, 3.8) is 0 Å². The van der Waals surface area contributed by atoms with Crippen LogP contribution in [0.1, 0.15) is 15.9 Å². The Kier molecular flexibility index (Phi) is 3.85. The number of carbonyl (C=O) groups excluding carboxylic acids is 1. The van der Waals surface area contributed by atoms with Crippen molar-refractivity contribution in [1.29, 1.82) is 0 Å². The summed E-state index contributed by atoms with van der Waals surface area (Å²) >= 11 is 0. The molecule has 0 radical (unpaired) electrons. The van der Waals surface area contributed by atoms with E-state index < -0.39 is 0 Å². The maximum Gasteiger partial charge on any atom is 0.253 e. The van der Waals surface area contributed by atoms with Gasteiger partial charge in [-0.1, -0.05) is 0 Å². The van der Waals surface area contributed by atoms with Crippen molar-refractivity contribution in [2.45, 2.75) is 6.54 Å².